The van der Waals surface area contributed by atoms with Crippen LogP contribution in [0.1, 0.15) is 19.4 Å². The van der Waals surface area contributed by atoms with E-state index in [-0.39, 0.29) is 30.8 Å². The first-order valence-corrected chi connectivity index (χ1v) is 5.76. The van der Waals surface area contributed by atoms with E-state index in [0.29, 0.717) is 0 Å². The number of hydrogen-bond acceptors (Lipinski definition) is 2. The molecule has 102 valence electrons. The number of halogens is 3. The molecule has 0 fully saturated rings. The molecule has 0 aliphatic carbocycles. The van der Waals surface area contributed by atoms with Crippen LogP contribution in [-0.2, 0) is 6.18 Å². The van der Waals surface area contributed by atoms with Gasteiger partial charge in [-0.25, -0.2) is 0 Å². The Labute approximate surface area is 104 Å². The second-order valence-corrected chi connectivity index (χ2v) is 4.49. The summed E-state index contributed by atoms with van der Waals surface area (Å²) < 4.78 is 43.2. The van der Waals surface area contributed by atoms with E-state index in [0.717, 1.165) is 6.07 Å². The molecular weight excluding hydrogens is 245 g/mol. The van der Waals surface area contributed by atoms with Gasteiger partial charge in [-0.1, -0.05) is 26.0 Å². The van der Waals surface area contributed by atoms with Crippen molar-refractivity contribution >= 4 is 0 Å². The van der Waals surface area contributed by atoms with Gasteiger partial charge < -0.3 is 9.84 Å². The summed E-state index contributed by atoms with van der Waals surface area (Å²) in [6, 6.07) is 5.09. The van der Waals surface area contributed by atoms with E-state index in [1.165, 1.54) is 18.2 Å². The van der Waals surface area contributed by atoms with Crippen LogP contribution < -0.4 is 4.74 Å². The Kier molecular flexibility index (Phi) is 5.02. The average molecular weight is 262 g/mol. The van der Waals surface area contributed by atoms with E-state index < -0.39 is 11.7 Å². The number of ether oxygens (including phenoxy) is 1. The fraction of sp³-hybridized carbons (Fsp3) is 0.538. The predicted molar refractivity (Wildman–Crippen MR) is 62.4 cm³/mol. The minimum absolute atomic E-state index is 0.0707. The van der Waals surface area contributed by atoms with Crippen LogP contribution in [0.2, 0.25) is 0 Å². The van der Waals surface area contributed by atoms with Crippen molar-refractivity contribution in [1.82, 2.24) is 0 Å². The van der Waals surface area contributed by atoms with E-state index in [2.05, 4.69) is 0 Å². The molecule has 5 heteroatoms. The Balaban J connectivity index is 2.79. The molecule has 0 aliphatic heterocycles. The molecule has 1 atom stereocenters. The highest BCUT2D eigenvalue weighted by Gasteiger charge is 2.34. The highest BCUT2D eigenvalue weighted by molar-refractivity contribution is 5.35. The van der Waals surface area contributed by atoms with Crippen molar-refractivity contribution in [2.24, 2.45) is 11.8 Å². The van der Waals surface area contributed by atoms with Crippen LogP contribution >= 0.6 is 0 Å². The minimum Gasteiger partial charge on any atom is -0.493 e. The van der Waals surface area contributed by atoms with Crippen molar-refractivity contribution in [3.05, 3.63) is 29.8 Å². The van der Waals surface area contributed by atoms with E-state index in [1.807, 2.05) is 13.8 Å². The van der Waals surface area contributed by atoms with Gasteiger partial charge in [-0.3, -0.25) is 0 Å². The van der Waals surface area contributed by atoms with Gasteiger partial charge in [-0.2, -0.15) is 13.2 Å². The summed E-state index contributed by atoms with van der Waals surface area (Å²) in [5, 5.41) is 9.10. The first-order valence-electron chi connectivity index (χ1n) is 5.76. The van der Waals surface area contributed by atoms with E-state index >= 15 is 0 Å². The van der Waals surface area contributed by atoms with Crippen LogP contribution in [0.3, 0.4) is 0 Å². The molecule has 2 nitrogen and oxygen atoms in total. The summed E-state index contributed by atoms with van der Waals surface area (Å²) >= 11 is 0. The van der Waals surface area contributed by atoms with Crippen LogP contribution in [-0.4, -0.2) is 18.3 Å². The molecule has 0 aromatic heterocycles. The van der Waals surface area contributed by atoms with Crippen LogP contribution in [0.15, 0.2) is 24.3 Å². The SMILES string of the molecule is CC(C)C(CO)COc1ccccc1C(F)(F)F. The van der Waals surface area contributed by atoms with Crippen molar-refractivity contribution in [2.45, 2.75) is 20.0 Å². The molecule has 0 bridgehead atoms. The summed E-state index contributed by atoms with van der Waals surface area (Å²) in [6.45, 7) is 3.74. The first kappa shape index (κ1) is 14.8. The lowest BCUT2D eigenvalue weighted by Crippen LogP contribution is -2.22. The number of benzene rings is 1. The molecule has 0 saturated heterocycles. The molecule has 0 heterocycles. The molecule has 0 spiro atoms. The molecule has 0 radical (unpaired) electrons. The van der Waals surface area contributed by atoms with Gasteiger partial charge in [-0.05, 0) is 18.1 Å². The predicted octanol–water partition coefficient (Wildman–Crippen LogP) is 3.35. The third-order valence-corrected chi connectivity index (χ3v) is 2.82. The van der Waals surface area contributed by atoms with Gasteiger partial charge in [0.15, 0.2) is 0 Å². The van der Waals surface area contributed by atoms with Crippen LogP contribution in [0.25, 0.3) is 0 Å². The Morgan fingerprint density at radius 2 is 1.83 bits per heavy atom. The number of aliphatic hydroxyl groups excluding tert-OH is 1. The van der Waals surface area contributed by atoms with E-state index in [4.69, 9.17) is 9.84 Å². The zero-order valence-corrected chi connectivity index (χ0v) is 10.4. The molecule has 1 rings (SSSR count). The Morgan fingerprint density at radius 3 is 2.33 bits per heavy atom. The quantitative estimate of drug-likeness (QED) is 0.881. The summed E-state index contributed by atoms with van der Waals surface area (Å²) in [6.07, 6.45) is -4.43. The van der Waals surface area contributed by atoms with Crippen molar-refractivity contribution in [2.75, 3.05) is 13.2 Å². The lowest BCUT2D eigenvalue weighted by Gasteiger charge is -2.20. The zero-order chi connectivity index (χ0) is 13.8. The van der Waals surface area contributed by atoms with Crippen molar-refractivity contribution < 1.29 is 23.0 Å². The van der Waals surface area contributed by atoms with Crippen molar-refractivity contribution in [1.29, 1.82) is 0 Å². The number of para-hydroxylation sites is 1. The summed E-state index contributed by atoms with van der Waals surface area (Å²) in [5.74, 6) is -0.219. The van der Waals surface area contributed by atoms with E-state index in [1.54, 1.807) is 0 Å². The summed E-state index contributed by atoms with van der Waals surface area (Å²) in [5.41, 5.74) is -0.787. The Hall–Kier alpha value is -1.23. The fourth-order valence-electron chi connectivity index (χ4n) is 1.48. The molecule has 18 heavy (non-hydrogen) atoms. The van der Waals surface area contributed by atoms with Crippen molar-refractivity contribution in [3.63, 3.8) is 0 Å². The molecule has 1 aromatic carbocycles. The minimum atomic E-state index is -4.43. The number of hydrogen-bond donors (Lipinski definition) is 1. The molecular formula is C13H17F3O2. The lowest BCUT2D eigenvalue weighted by molar-refractivity contribution is -0.139. The lowest BCUT2D eigenvalue weighted by atomic mass is 9.98. The second-order valence-electron chi connectivity index (χ2n) is 4.49. The van der Waals surface area contributed by atoms with Crippen LogP contribution in [0.4, 0.5) is 13.2 Å². The van der Waals surface area contributed by atoms with Gasteiger partial charge in [0.2, 0.25) is 0 Å². The standard InChI is InChI=1S/C13H17F3O2/c1-9(2)10(7-17)8-18-12-6-4-3-5-11(12)13(14,15)16/h3-6,9-10,17H,7-8H2,1-2H3. The van der Waals surface area contributed by atoms with Gasteiger partial charge >= 0.3 is 6.18 Å². The van der Waals surface area contributed by atoms with Gasteiger partial charge in [0.1, 0.15) is 5.75 Å². The summed E-state index contributed by atoms with van der Waals surface area (Å²) in [4.78, 5) is 0. The number of alkyl halides is 3. The maximum absolute atomic E-state index is 12.7. The molecule has 0 aliphatic rings. The summed E-state index contributed by atoms with van der Waals surface area (Å²) in [7, 11) is 0. The number of rotatable bonds is 5. The first-order chi connectivity index (χ1) is 8.36. The van der Waals surface area contributed by atoms with Gasteiger partial charge in [-0.15, -0.1) is 0 Å². The normalized spacial score (nSPS) is 13.7. The van der Waals surface area contributed by atoms with Gasteiger partial charge in [0.05, 0.1) is 12.2 Å². The second kappa shape index (κ2) is 6.09. The zero-order valence-electron chi connectivity index (χ0n) is 10.4. The topological polar surface area (TPSA) is 29.5 Å². The highest BCUT2D eigenvalue weighted by atomic mass is 19.4. The fourth-order valence-corrected chi connectivity index (χ4v) is 1.48. The molecule has 0 saturated carbocycles. The van der Waals surface area contributed by atoms with Crippen molar-refractivity contribution in [3.8, 4) is 5.75 Å². The van der Waals surface area contributed by atoms with Gasteiger partial charge in [0, 0.05) is 12.5 Å². The molecule has 1 aromatic rings. The maximum atomic E-state index is 12.7. The largest absolute Gasteiger partial charge is 0.493 e. The maximum Gasteiger partial charge on any atom is 0.419 e. The van der Waals surface area contributed by atoms with Gasteiger partial charge in [0.25, 0.3) is 0 Å². The monoisotopic (exact) mass is 262 g/mol. The third kappa shape index (κ3) is 3.91. The molecule has 1 unspecified atom stereocenters. The van der Waals surface area contributed by atoms with Crippen LogP contribution in [0.5, 0.6) is 5.75 Å². The van der Waals surface area contributed by atoms with E-state index in [9.17, 15) is 13.2 Å². The smallest absolute Gasteiger partial charge is 0.419 e. The third-order valence-electron chi connectivity index (χ3n) is 2.82. The van der Waals surface area contributed by atoms with Crippen LogP contribution in [0, 0.1) is 11.8 Å². The molecule has 1 N–H and O–H groups in total. The Morgan fingerprint density at radius 1 is 1.22 bits per heavy atom. The number of aliphatic hydroxyl groups is 1. The Bertz CT molecular complexity index is 375. The average Bonchev–Trinajstić information content (AvgIpc) is 2.28. The molecule has 0 amide bonds. The highest BCUT2D eigenvalue weighted by Crippen LogP contribution is 2.36.